The summed E-state index contributed by atoms with van der Waals surface area (Å²) in [6.45, 7) is 2.81. The number of benzene rings is 3. The summed E-state index contributed by atoms with van der Waals surface area (Å²) in [5.74, 6) is -0.391. The van der Waals surface area contributed by atoms with Crippen LogP contribution in [0.2, 0.25) is 0 Å². The summed E-state index contributed by atoms with van der Waals surface area (Å²) in [6.07, 6.45) is -2.43. The molecule has 2 heterocycles. The maximum absolute atomic E-state index is 14.0. The van der Waals surface area contributed by atoms with Gasteiger partial charge in [-0.2, -0.15) is 23.5 Å². The zero-order valence-electron chi connectivity index (χ0n) is 30.8. The molecule has 3 aromatic carbocycles. The van der Waals surface area contributed by atoms with Gasteiger partial charge in [-0.15, -0.1) is 0 Å². The van der Waals surface area contributed by atoms with Gasteiger partial charge in [0.1, 0.15) is 15.8 Å². The number of aromatic nitrogens is 4. The number of nitrogens with one attached hydrogen (secondary N) is 2. The number of quaternary nitrogens is 1. The van der Waals surface area contributed by atoms with Gasteiger partial charge in [0.15, 0.2) is 0 Å². The molecule has 6 rings (SSSR count). The van der Waals surface area contributed by atoms with Crippen LogP contribution in [-0.4, -0.2) is 88.6 Å². The van der Waals surface area contributed by atoms with Gasteiger partial charge in [-0.3, -0.25) is 9.36 Å². The molecule has 1 aliphatic carbocycles. The van der Waals surface area contributed by atoms with Crippen molar-refractivity contribution in [2.75, 3.05) is 34.2 Å². The number of nitriles is 1. The third-order valence-corrected chi connectivity index (χ3v) is 9.85. The van der Waals surface area contributed by atoms with Crippen LogP contribution < -0.4 is 16.3 Å². The highest BCUT2D eigenvalue weighted by Crippen LogP contribution is 2.33. The first-order valence-corrected chi connectivity index (χ1v) is 18.7. The van der Waals surface area contributed by atoms with E-state index in [1.54, 1.807) is 36.4 Å². The molecule has 0 unspecified atom stereocenters. The monoisotopic (exact) mass is 792 g/mol. The third kappa shape index (κ3) is 9.60. The number of alkyl halides is 3. The van der Waals surface area contributed by atoms with Crippen LogP contribution in [0.4, 0.5) is 18.0 Å². The Morgan fingerprint density at radius 1 is 0.982 bits per heavy atom. The van der Waals surface area contributed by atoms with Crippen LogP contribution in [0.25, 0.3) is 22.8 Å². The number of amides is 2. The molecule has 0 spiro atoms. The Hall–Kier alpha value is -6.03. The molecule has 1 saturated carbocycles. The number of hydrogen-bond acceptors (Lipinski definition) is 8. The molecule has 1 aliphatic rings. The van der Waals surface area contributed by atoms with Crippen molar-refractivity contribution in [2.45, 2.75) is 36.9 Å². The van der Waals surface area contributed by atoms with Gasteiger partial charge in [0.2, 0.25) is 5.91 Å². The van der Waals surface area contributed by atoms with E-state index in [-0.39, 0.29) is 39.8 Å². The average Bonchev–Trinajstić information content (AvgIpc) is 3.70. The molecule has 294 valence electrons. The molecule has 0 atom stereocenters. The molecular formula is C38H39F3N8O6S. The van der Waals surface area contributed by atoms with Crippen molar-refractivity contribution < 1.29 is 40.2 Å². The second kappa shape index (κ2) is 16.4. The van der Waals surface area contributed by atoms with Crippen molar-refractivity contribution in [3.63, 3.8) is 0 Å². The maximum atomic E-state index is 14.0. The Bertz CT molecular complexity index is 2420. The number of imidazole rings is 1. The summed E-state index contributed by atoms with van der Waals surface area (Å²) in [5.41, 5.74) is -0.284. The van der Waals surface area contributed by atoms with Gasteiger partial charge in [0, 0.05) is 12.0 Å². The van der Waals surface area contributed by atoms with Crippen LogP contribution in [0.15, 0.2) is 101 Å². The molecule has 14 nitrogen and oxygen atoms in total. The molecule has 0 saturated heterocycles. The van der Waals surface area contributed by atoms with E-state index in [1.165, 1.54) is 54.2 Å². The van der Waals surface area contributed by atoms with Crippen LogP contribution in [-0.2, 0) is 21.1 Å². The molecule has 2 N–H and O–H groups in total. The van der Waals surface area contributed by atoms with Gasteiger partial charge in [0.25, 0.3) is 0 Å². The van der Waals surface area contributed by atoms with Gasteiger partial charge in [0.05, 0.1) is 85.3 Å². The fourth-order valence-electron chi connectivity index (χ4n) is 6.02. The summed E-state index contributed by atoms with van der Waals surface area (Å²) in [7, 11) is 1.82. The summed E-state index contributed by atoms with van der Waals surface area (Å²) in [5, 5.41) is 19.3. The fraction of sp³-hybridized carbons (Fsp3) is 0.289. The Labute approximate surface area is 320 Å². The van der Waals surface area contributed by atoms with E-state index in [0.29, 0.717) is 40.8 Å². The molecule has 0 radical (unpaired) electrons. The summed E-state index contributed by atoms with van der Waals surface area (Å²) < 4.78 is 75.7. The van der Waals surface area contributed by atoms with Gasteiger partial charge < -0.3 is 19.7 Å². The largest absolute Gasteiger partial charge is 0.744 e. The first-order chi connectivity index (χ1) is 26.3. The van der Waals surface area contributed by atoms with Gasteiger partial charge in [-0.25, -0.2) is 27.3 Å². The SMILES string of the molecule is Cc1c(-c2ccnn2-c2ccc(C#N)cc2)n(C(=O)NC2CC(C(=O)NCC[N+](C)(C)C)C2)c(=O)n1-c1cccc(C(F)(F)F)c1.O=S(=O)([O-])c1ccccc1. The molecule has 1 fully saturated rings. The van der Waals surface area contributed by atoms with Crippen molar-refractivity contribution in [3.05, 3.63) is 118 Å². The quantitative estimate of drug-likeness (QED) is 0.162. The third-order valence-electron chi connectivity index (χ3n) is 9.00. The van der Waals surface area contributed by atoms with Gasteiger partial charge in [-0.1, -0.05) is 24.3 Å². The maximum Gasteiger partial charge on any atom is 0.416 e. The zero-order valence-corrected chi connectivity index (χ0v) is 31.6. The second-order valence-corrected chi connectivity index (χ2v) is 15.5. The van der Waals surface area contributed by atoms with Crippen molar-refractivity contribution in [1.29, 1.82) is 5.26 Å². The fourth-order valence-corrected chi connectivity index (χ4v) is 6.51. The lowest BCUT2D eigenvalue weighted by atomic mass is 9.79. The minimum absolute atomic E-state index is 0.0659. The standard InChI is InChI=1S/C32H33F3N8O3.C6H6O3S/c1-20-28(27-12-13-38-42(27)25-10-8-21(19-36)9-11-25)41(31(46)40(20)26-7-5-6-23(18-26)32(33,34)35)30(45)39-24-16-22(17-24)29(44)37-14-15-43(2,3)4;7-10(8,9)6-4-2-1-3-5-6/h5-13,18,22,24H,14-17H2,1-4H3,(H-,37,39,44,45);1-5H,(H,7,8,9). The number of carbonyl (C=O) groups excluding carboxylic acids is 2. The lowest BCUT2D eigenvalue weighted by Gasteiger charge is -2.35. The summed E-state index contributed by atoms with van der Waals surface area (Å²) >= 11 is 0. The molecular weight excluding hydrogens is 754 g/mol. The number of carbonyl (C=O) groups is 2. The number of rotatable bonds is 9. The topological polar surface area (TPSA) is 184 Å². The minimum Gasteiger partial charge on any atom is -0.744 e. The van der Waals surface area contributed by atoms with Crippen LogP contribution in [0, 0.1) is 24.2 Å². The number of halogens is 3. The van der Waals surface area contributed by atoms with E-state index in [0.717, 1.165) is 27.8 Å². The normalized spacial score (nSPS) is 15.5. The van der Waals surface area contributed by atoms with Crippen LogP contribution in [0.5, 0.6) is 0 Å². The van der Waals surface area contributed by atoms with E-state index in [2.05, 4.69) is 15.7 Å². The Morgan fingerprint density at radius 2 is 1.64 bits per heavy atom. The lowest BCUT2D eigenvalue weighted by Crippen LogP contribution is -2.52. The average molecular weight is 793 g/mol. The summed E-state index contributed by atoms with van der Waals surface area (Å²) in [4.78, 5) is 40.1. The molecule has 5 aromatic rings. The molecule has 18 heteroatoms. The van der Waals surface area contributed by atoms with E-state index in [1.807, 2.05) is 27.2 Å². The highest BCUT2D eigenvalue weighted by atomic mass is 32.2. The van der Waals surface area contributed by atoms with Gasteiger partial charge in [-0.05, 0) is 80.4 Å². The highest BCUT2D eigenvalue weighted by molar-refractivity contribution is 7.85. The number of hydrogen-bond donors (Lipinski definition) is 2. The molecule has 2 amide bonds. The molecule has 0 aliphatic heterocycles. The highest BCUT2D eigenvalue weighted by Gasteiger charge is 2.37. The van der Waals surface area contributed by atoms with E-state index in [4.69, 9.17) is 0 Å². The van der Waals surface area contributed by atoms with E-state index < -0.39 is 33.6 Å². The molecule has 2 aromatic heterocycles. The number of likely N-dealkylation sites (N-methyl/N-ethyl adjacent to an activating group) is 1. The van der Waals surface area contributed by atoms with Gasteiger partial charge >= 0.3 is 17.9 Å². The number of nitrogens with zero attached hydrogens (tertiary/aromatic N) is 6. The first-order valence-electron chi connectivity index (χ1n) is 17.3. The Balaban J connectivity index is 0.000000522. The zero-order chi connectivity index (χ0) is 41.0. The van der Waals surface area contributed by atoms with Crippen LogP contribution in [0.3, 0.4) is 0 Å². The smallest absolute Gasteiger partial charge is 0.416 e. The predicted molar refractivity (Wildman–Crippen MR) is 198 cm³/mol. The lowest BCUT2D eigenvalue weighted by molar-refractivity contribution is -0.869. The van der Waals surface area contributed by atoms with E-state index >= 15 is 0 Å². The van der Waals surface area contributed by atoms with Crippen molar-refractivity contribution in [1.82, 2.24) is 29.5 Å². The summed E-state index contributed by atoms with van der Waals surface area (Å²) in [6, 6.07) is 20.4. The first kappa shape index (κ1) is 41.1. The van der Waals surface area contributed by atoms with Crippen molar-refractivity contribution >= 4 is 22.1 Å². The predicted octanol–water partition coefficient (Wildman–Crippen LogP) is 4.44. The Kier molecular flexibility index (Phi) is 12.0. The van der Waals surface area contributed by atoms with E-state index in [9.17, 15) is 45.8 Å². The molecule has 56 heavy (non-hydrogen) atoms. The Morgan fingerprint density at radius 3 is 2.21 bits per heavy atom. The second-order valence-electron chi connectivity index (χ2n) is 14.1. The minimum atomic E-state index is -4.65. The van der Waals surface area contributed by atoms with Crippen molar-refractivity contribution in [3.8, 4) is 28.8 Å². The van der Waals surface area contributed by atoms with Crippen LogP contribution >= 0.6 is 0 Å². The van der Waals surface area contributed by atoms with Crippen molar-refractivity contribution in [2.24, 2.45) is 5.92 Å². The molecule has 0 bridgehead atoms. The van der Waals surface area contributed by atoms with Crippen LogP contribution in [0.1, 0.15) is 29.7 Å².